The van der Waals surface area contributed by atoms with Gasteiger partial charge in [-0.05, 0) is 36.4 Å². The van der Waals surface area contributed by atoms with E-state index in [9.17, 15) is 4.79 Å². The fourth-order valence-electron chi connectivity index (χ4n) is 2.42. The van der Waals surface area contributed by atoms with Gasteiger partial charge in [-0.1, -0.05) is 19.9 Å². The zero-order valence-electron chi connectivity index (χ0n) is 17.2. The summed E-state index contributed by atoms with van der Waals surface area (Å²) in [5.74, 6) is 3.76. The van der Waals surface area contributed by atoms with E-state index in [1.54, 1.807) is 6.92 Å². The highest BCUT2D eigenvalue weighted by Crippen LogP contribution is 2.20. The molecule has 1 aromatic carbocycles. The molecular formula is C21H35O5S+. The van der Waals surface area contributed by atoms with Gasteiger partial charge in [0.05, 0.1) is 19.5 Å². The molecule has 1 rings (SSSR count). The predicted octanol–water partition coefficient (Wildman–Crippen LogP) is 3.85. The van der Waals surface area contributed by atoms with Crippen molar-refractivity contribution in [1.82, 2.24) is 0 Å². The summed E-state index contributed by atoms with van der Waals surface area (Å²) in [6.07, 6.45) is 4.56. The summed E-state index contributed by atoms with van der Waals surface area (Å²) < 4.78 is 22.4. The lowest BCUT2D eigenvalue weighted by atomic mass is 10.3. The molecule has 0 aliphatic carbocycles. The highest BCUT2D eigenvalue weighted by atomic mass is 32.2. The second-order valence-electron chi connectivity index (χ2n) is 6.30. The molecule has 0 saturated carbocycles. The van der Waals surface area contributed by atoms with Crippen molar-refractivity contribution in [3.63, 3.8) is 0 Å². The summed E-state index contributed by atoms with van der Waals surface area (Å²) in [5, 5.41) is 0. The van der Waals surface area contributed by atoms with Crippen LogP contribution in [0.3, 0.4) is 0 Å². The molecular weight excluding hydrogens is 364 g/mol. The van der Waals surface area contributed by atoms with Gasteiger partial charge in [-0.25, -0.2) is 0 Å². The molecule has 0 aromatic heterocycles. The van der Waals surface area contributed by atoms with E-state index in [2.05, 4.69) is 13.2 Å². The minimum atomic E-state index is -0.414. The van der Waals surface area contributed by atoms with Crippen molar-refractivity contribution in [2.75, 3.05) is 44.2 Å². The molecule has 0 fully saturated rings. The van der Waals surface area contributed by atoms with Gasteiger partial charge in [-0.15, -0.1) is 0 Å². The molecule has 2 unspecified atom stereocenters. The second kappa shape index (κ2) is 14.6. The van der Waals surface area contributed by atoms with Gasteiger partial charge < -0.3 is 18.9 Å². The first-order valence-corrected chi connectivity index (χ1v) is 11.8. The molecule has 1 aromatic rings. The first-order valence-electron chi connectivity index (χ1n) is 9.81. The van der Waals surface area contributed by atoms with Crippen LogP contribution < -0.4 is 9.47 Å². The Labute approximate surface area is 167 Å². The minimum Gasteiger partial charge on any atom is -0.493 e. The van der Waals surface area contributed by atoms with Gasteiger partial charge in [-0.3, -0.25) is 4.79 Å². The van der Waals surface area contributed by atoms with Gasteiger partial charge in [0.25, 0.3) is 0 Å². The third-order valence-electron chi connectivity index (χ3n) is 3.79. The van der Waals surface area contributed by atoms with E-state index in [4.69, 9.17) is 18.9 Å². The summed E-state index contributed by atoms with van der Waals surface area (Å²) in [5.41, 5.74) is 0. The Hall–Kier alpha value is -1.40. The van der Waals surface area contributed by atoms with Crippen LogP contribution in [0, 0.1) is 0 Å². The minimum absolute atomic E-state index is 0.251. The van der Waals surface area contributed by atoms with Crippen molar-refractivity contribution in [2.45, 2.75) is 46.1 Å². The van der Waals surface area contributed by atoms with E-state index >= 15 is 0 Å². The molecule has 0 aliphatic heterocycles. The average Bonchev–Trinajstić information content (AvgIpc) is 2.67. The largest absolute Gasteiger partial charge is 0.493 e. The van der Waals surface area contributed by atoms with Gasteiger partial charge in [-0.2, -0.15) is 0 Å². The Morgan fingerprint density at radius 2 is 1.81 bits per heavy atom. The third-order valence-corrected chi connectivity index (χ3v) is 5.89. The number of hydrogen-bond donors (Lipinski definition) is 0. The maximum Gasteiger partial charge on any atom is 0.305 e. The SMILES string of the molecule is CCC[S+](C)CCCOc1cccc(OCC(COCC)OC(=O)CC)c1. The first-order chi connectivity index (χ1) is 13.1. The smallest absolute Gasteiger partial charge is 0.305 e. The summed E-state index contributed by atoms with van der Waals surface area (Å²) in [6, 6.07) is 7.58. The Morgan fingerprint density at radius 3 is 2.48 bits per heavy atom. The lowest BCUT2D eigenvalue weighted by Crippen LogP contribution is -2.29. The van der Waals surface area contributed by atoms with E-state index in [0.717, 1.165) is 12.2 Å². The van der Waals surface area contributed by atoms with Crippen LogP contribution in [0.1, 0.15) is 40.0 Å². The maximum absolute atomic E-state index is 11.5. The number of ether oxygens (including phenoxy) is 4. The molecule has 154 valence electrons. The highest BCUT2D eigenvalue weighted by Gasteiger charge is 2.15. The van der Waals surface area contributed by atoms with Gasteiger partial charge in [0, 0.05) is 25.5 Å². The van der Waals surface area contributed by atoms with E-state index in [-0.39, 0.29) is 12.6 Å². The Morgan fingerprint density at radius 1 is 1.07 bits per heavy atom. The fourth-order valence-corrected chi connectivity index (χ4v) is 3.94. The lowest BCUT2D eigenvalue weighted by molar-refractivity contribution is -0.153. The highest BCUT2D eigenvalue weighted by molar-refractivity contribution is 7.96. The van der Waals surface area contributed by atoms with Crippen LogP contribution in [-0.2, 0) is 25.2 Å². The summed E-state index contributed by atoms with van der Waals surface area (Å²) >= 11 is 0. The number of rotatable bonds is 15. The van der Waals surface area contributed by atoms with Gasteiger partial charge in [0.15, 0.2) is 6.10 Å². The standard InChI is InChI=1S/C21H35O5S/c1-5-13-27(4)14-9-12-24-18-10-8-11-19(15-18)25-17-20(16-23-7-3)26-21(22)6-2/h8,10-11,15,20H,5-7,9,12-14,16-17H2,1-4H3/q+1. The van der Waals surface area contributed by atoms with Crippen LogP contribution in [-0.4, -0.2) is 56.3 Å². The molecule has 0 heterocycles. The molecule has 0 radical (unpaired) electrons. The predicted molar refractivity (Wildman–Crippen MR) is 112 cm³/mol. The zero-order chi connectivity index (χ0) is 19.9. The third kappa shape index (κ3) is 11.1. The Kier molecular flexibility index (Phi) is 12.8. The molecule has 0 amide bonds. The Balaban J connectivity index is 2.43. The van der Waals surface area contributed by atoms with Crippen molar-refractivity contribution in [3.8, 4) is 11.5 Å². The van der Waals surface area contributed by atoms with Crippen LogP contribution in [0.15, 0.2) is 24.3 Å². The molecule has 5 nitrogen and oxygen atoms in total. The number of carbonyl (C=O) groups excluding carboxylic acids is 1. The van der Waals surface area contributed by atoms with Crippen molar-refractivity contribution in [1.29, 1.82) is 0 Å². The molecule has 0 saturated heterocycles. The number of esters is 1. The summed E-state index contributed by atoms with van der Waals surface area (Å²) in [4.78, 5) is 11.5. The van der Waals surface area contributed by atoms with Gasteiger partial charge in [0.2, 0.25) is 0 Å². The summed E-state index contributed by atoms with van der Waals surface area (Å²) in [7, 11) is 0.492. The first kappa shape index (κ1) is 23.6. The molecule has 0 bridgehead atoms. The topological polar surface area (TPSA) is 54.0 Å². The molecule has 0 spiro atoms. The van der Waals surface area contributed by atoms with Crippen LogP contribution in [0.2, 0.25) is 0 Å². The fraction of sp³-hybridized carbons (Fsp3) is 0.667. The average molecular weight is 400 g/mol. The molecule has 0 N–H and O–H groups in total. The van der Waals surface area contributed by atoms with Crippen LogP contribution in [0.5, 0.6) is 11.5 Å². The van der Waals surface area contributed by atoms with Crippen LogP contribution in [0.25, 0.3) is 0 Å². The molecule has 0 aliphatic rings. The monoisotopic (exact) mass is 399 g/mol. The van der Waals surface area contributed by atoms with Crippen molar-refractivity contribution < 1.29 is 23.7 Å². The van der Waals surface area contributed by atoms with E-state index < -0.39 is 6.10 Å². The van der Waals surface area contributed by atoms with Crippen molar-refractivity contribution in [3.05, 3.63) is 24.3 Å². The molecule has 27 heavy (non-hydrogen) atoms. The molecule has 6 heteroatoms. The number of carbonyl (C=O) groups is 1. The maximum atomic E-state index is 11.5. The van der Waals surface area contributed by atoms with Gasteiger partial charge in [0.1, 0.15) is 29.6 Å². The van der Waals surface area contributed by atoms with Crippen LogP contribution in [0.4, 0.5) is 0 Å². The van der Waals surface area contributed by atoms with E-state index in [0.29, 0.717) is 42.9 Å². The summed E-state index contributed by atoms with van der Waals surface area (Å²) in [6.45, 7) is 7.77. The normalized spacial score (nSPS) is 13.0. The number of hydrogen-bond acceptors (Lipinski definition) is 5. The van der Waals surface area contributed by atoms with E-state index in [1.165, 1.54) is 17.9 Å². The van der Waals surface area contributed by atoms with Crippen LogP contribution >= 0.6 is 0 Å². The van der Waals surface area contributed by atoms with Crippen molar-refractivity contribution in [2.24, 2.45) is 0 Å². The number of benzene rings is 1. The van der Waals surface area contributed by atoms with E-state index in [1.807, 2.05) is 31.2 Å². The van der Waals surface area contributed by atoms with Crippen molar-refractivity contribution >= 4 is 16.9 Å². The second-order valence-corrected chi connectivity index (χ2v) is 8.68. The lowest BCUT2D eigenvalue weighted by Gasteiger charge is -2.18. The molecule has 2 atom stereocenters. The Bertz CT molecular complexity index is 523. The zero-order valence-corrected chi connectivity index (χ0v) is 18.0. The quantitative estimate of drug-likeness (QED) is 0.255. The van der Waals surface area contributed by atoms with Gasteiger partial charge >= 0.3 is 5.97 Å².